The molecule has 2 aromatic carbocycles. The van der Waals surface area contributed by atoms with Crippen LogP contribution in [0, 0.1) is 0 Å². The quantitative estimate of drug-likeness (QED) is 0.281. The molecule has 1 unspecified atom stereocenters. The molecular weight excluding hydrogens is 520 g/mol. The van der Waals surface area contributed by atoms with Gasteiger partial charge in [0, 0.05) is 35.8 Å². The van der Waals surface area contributed by atoms with Crippen LogP contribution in [0.2, 0.25) is 5.02 Å². The van der Waals surface area contributed by atoms with Gasteiger partial charge >= 0.3 is 0 Å². The van der Waals surface area contributed by atoms with Crippen LogP contribution in [0.15, 0.2) is 65.7 Å². The van der Waals surface area contributed by atoms with E-state index in [0.29, 0.717) is 5.82 Å². The average molecular weight is 555 g/mol. The third-order valence-electron chi connectivity index (χ3n) is 7.65. The average Bonchev–Trinajstić information content (AvgIpc) is 2.91. The Balaban J connectivity index is 1.23. The largest absolute Gasteiger partial charge is 0.492 e. The van der Waals surface area contributed by atoms with E-state index in [1.165, 1.54) is 29.3 Å². The van der Waals surface area contributed by atoms with Crippen LogP contribution < -0.4 is 20.1 Å². The SMILES string of the molecule is CCCNc1ccc(S(=O)(=O)NCCOc2ccc3c(c2)C(C2(c4ccc(Cl)cc4)CCC2)NCC3)cn1. The zero-order valence-electron chi connectivity index (χ0n) is 21.7. The molecule has 2 heterocycles. The van der Waals surface area contributed by atoms with E-state index in [4.69, 9.17) is 16.3 Å². The Labute approximate surface area is 230 Å². The highest BCUT2D eigenvalue weighted by molar-refractivity contribution is 7.89. The highest BCUT2D eigenvalue weighted by Gasteiger charge is 2.47. The number of sulfonamides is 1. The fourth-order valence-corrected chi connectivity index (χ4v) is 6.61. The first-order valence-corrected chi connectivity index (χ1v) is 15.2. The molecule has 3 N–H and O–H groups in total. The second-order valence-corrected chi connectivity index (χ2v) is 12.3. The van der Waals surface area contributed by atoms with Crippen molar-refractivity contribution in [2.75, 3.05) is 31.6 Å². The standard InChI is InChI=1S/C29H35ClN4O3S/c1-2-15-31-27-11-10-25(20-33-27)38(35,36)34-17-18-37-24-9-4-21-12-16-32-28(26(21)19-24)29(13-3-14-29)22-5-7-23(30)8-6-22/h4-11,19-20,28,32,34H,2-3,12-18H2,1H3,(H,31,33). The molecule has 1 aliphatic carbocycles. The minimum absolute atomic E-state index is 0.0453. The lowest BCUT2D eigenvalue weighted by Gasteiger charge is -2.50. The number of nitrogens with zero attached hydrogens (tertiary/aromatic N) is 1. The Morgan fingerprint density at radius 3 is 2.61 bits per heavy atom. The Bertz CT molecular complexity index is 1340. The minimum atomic E-state index is -3.66. The summed E-state index contributed by atoms with van der Waals surface area (Å²) in [5, 5.41) is 7.68. The number of nitrogens with one attached hydrogen (secondary N) is 3. The van der Waals surface area contributed by atoms with Gasteiger partial charge in [-0.2, -0.15) is 0 Å². The third kappa shape index (κ3) is 5.69. The number of halogens is 1. The molecular formula is C29H35ClN4O3S. The number of benzene rings is 2. The van der Waals surface area contributed by atoms with E-state index in [-0.39, 0.29) is 29.5 Å². The lowest BCUT2D eigenvalue weighted by atomic mass is 9.58. The molecule has 3 aromatic rings. The summed E-state index contributed by atoms with van der Waals surface area (Å²) in [4.78, 5) is 4.32. The molecule has 38 heavy (non-hydrogen) atoms. The Morgan fingerprint density at radius 2 is 1.92 bits per heavy atom. The monoisotopic (exact) mass is 554 g/mol. The second kappa shape index (κ2) is 11.6. The van der Waals surface area contributed by atoms with E-state index in [2.05, 4.69) is 51.5 Å². The molecule has 1 aromatic heterocycles. The van der Waals surface area contributed by atoms with Crippen molar-refractivity contribution >= 4 is 27.4 Å². The summed E-state index contributed by atoms with van der Waals surface area (Å²) in [6.45, 7) is 4.17. The predicted octanol–water partition coefficient (Wildman–Crippen LogP) is 5.22. The van der Waals surface area contributed by atoms with E-state index < -0.39 is 10.0 Å². The van der Waals surface area contributed by atoms with Crippen LogP contribution in [0.4, 0.5) is 5.82 Å². The number of anilines is 1. The maximum atomic E-state index is 12.7. The van der Waals surface area contributed by atoms with Crippen LogP contribution in [-0.4, -0.2) is 39.6 Å². The molecule has 0 saturated heterocycles. The fraction of sp³-hybridized carbons (Fsp3) is 0.414. The van der Waals surface area contributed by atoms with Gasteiger partial charge in [-0.3, -0.25) is 0 Å². The minimum Gasteiger partial charge on any atom is -0.492 e. The number of hydrogen-bond donors (Lipinski definition) is 3. The van der Waals surface area contributed by atoms with Gasteiger partial charge in [0.15, 0.2) is 0 Å². The van der Waals surface area contributed by atoms with Crippen molar-refractivity contribution in [1.82, 2.24) is 15.0 Å². The summed E-state index contributed by atoms with van der Waals surface area (Å²) in [7, 11) is -3.66. The fourth-order valence-electron chi connectivity index (χ4n) is 5.52. The molecule has 2 aliphatic rings. The summed E-state index contributed by atoms with van der Waals surface area (Å²) in [6.07, 6.45) is 6.78. The molecule has 1 aliphatic heterocycles. The van der Waals surface area contributed by atoms with Crippen LogP contribution in [0.1, 0.15) is 55.3 Å². The summed E-state index contributed by atoms with van der Waals surface area (Å²) >= 11 is 6.18. The highest BCUT2D eigenvalue weighted by atomic mass is 35.5. The predicted molar refractivity (Wildman–Crippen MR) is 152 cm³/mol. The van der Waals surface area contributed by atoms with Crippen molar-refractivity contribution in [3.63, 3.8) is 0 Å². The number of ether oxygens (including phenoxy) is 1. The Morgan fingerprint density at radius 1 is 1.11 bits per heavy atom. The van der Waals surface area contributed by atoms with E-state index in [9.17, 15) is 8.42 Å². The smallest absolute Gasteiger partial charge is 0.242 e. The van der Waals surface area contributed by atoms with Crippen LogP contribution >= 0.6 is 11.6 Å². The molecule has 1 fully saturated rings. The molecule has 202 valence electrons. The molecule has 1 saturated carbocycles. The summed E-state index contributed by atoms with van der Waals surface area (Å²) in [6, 6.07) is 18.0. The molecule has 0 radical (unpaired) electrons. The number of aromatic nitrogens is 1. The zero-order valence-corrected chi connectivity index (χ0v) is 23.2. The summed E-state index contributed by atoms with van der Waals surface area (Å²) in [5.41, 5.74) is 3.98. The summed E-state index contributed by atoms with van der Waals surface area (Å²) < 4.78 is 33.9. The summed E-state index contributed by atoms with van der Waals surface area (Å²) in [5.74, 6) is 1.41. The van der Waals surface area contributed by atoms with Crippen molar-refractivity contribution in [2.45, 2.75) is 55.4 Å². The molecule has 1 atom stereocenters. The molecule has 5 rings (SSSR count). The van der Waals surface area contributed by atoms with Crippen molar-refractivity contribution in [1.29, 1.82) is 0 Å². The van der Waals surface area contributed by atoms with Crippen LogP contribution in [0.3, 0.4) is 0 Å². The van der Waals surface area contributed by atoms with Gasteiger partial charge < -0.3 is 15.4 Å². The molecule has 0 spiro atoms. The van der Waals surface area contributed by atoms with Crippen LogP contribution in [0.25, 0.3) is 0 Å². The van der Waals surface area contributed by atoms with Gasteiger partial charge in [-0.1, -0.05) is 43.1 Å². The first kappa shape index (κ1) is 26.9. The van der Waals surface area contributed by atoms with Gasteiger partial charge in [-0.05, 0) is 85.3 Å². The van der Waals surface area contributed by atoms with E-state index in [0.717, 1.165) is 49.5 Å². The van der Waals surface area contributed by atoms with E-state index in [1.54, 1.807) is 12.1 Å². The zero-order chi connectivity index (χ0) is 26.6. The normalized spacial score (nSPS) is 18.3. The topological polar surface area (TPSA) is 92.4 Å². The van der Waals surface area contributed by atoms with Gasteiger partial charge in [0.25, 0.3) is 0 Å². The van der Waals surface area contributed by atoms with Crippen molar-refractivity contribution in [3.05, 3.63) is 82.5 Å². The lowest BCUT2D eigenvalue weighted by Crippen LogP contribution is -2.49. The van der Waals surface area contributed by atoms with Crippen molar-refractivity contribution in [3.8, 4) is 5.75 Å². The maximum Gasteiger partial charge on any atom is 0.242 e. The number of hydrogen-bond acceptors (Lipinski definition) is 6. The van der Waals surface area contributed by atoms with Gasteiger partial charge in [-0.15, -0.1) is 0 Å². The first-order valence-electron chi connectivity index (χ1n) is 13.4. The maximum absolute atomic E-state index is 12.7. The number of rotatable bonds is 11. The lowest BCUT2D eigenvalue weighted by molar-refractivity contribution is 0.164. The molecule has 9 heteroatoms. The van der Waals surface area contributed by atoms with Gasteiger partial charge in [0.05, 0.1) is 0 Å². The number of fused-ring (bicyclic) bond motifs is 1. The molecule has 7 nitrogen and oxygen atoms in total. The van der Waals surface area contributed by atoms with Crippen LogP contribution in [-0.2, 0) is 21.9 Å². The van der Waals surface area contributed by atoms with Gasteiger partial charge in [0.1, 0.15) is 23.1 Å². The first-order chi connectivity index (χ1) is 18.4. The van der Waals surface area contributed by atoms with Crippen LogP contribution in [0.5, 0.6) is 5.75 Å². The van der Waals surface area contributed by atoms with Gasteiger partial charge in [0.2, 0.25) is 10.0 Å². The van der Waals surface area contributed by atoms with E-state index in [1.807, 2.05) is 18.2 Å². The molecule has 0 amide bonds. The van der Waals surface area contributed by atoms with Gasteiger partial charge in [-0.25, -0.2) is 18.1 Å². The van der Waals surface area contributed by atoms with E-state index >= 15 is 0 Å². The highest BCUT2D eigenvalue weighted by Crippen LogP contribution is 2.53. The third-order valence-corrected chi connectivity index (χ3v) is 9.35. The number of pyridine rings is 1. The molecule has 0 bridgehead atoms. The Kier molecular flexibility index (Phi) is 8.23. The second-order valence-electron chi connectivity index (χ2n) is 10.1. The van der Waals surface area contributed by atoms with Crippen molar-refractivity contribution < 1.29 is 13.2 Å². The van der Waals surface area contributed by atoms with Crippen molar-refractivity contribution in [2.24, 2.45) is 0 Å². The Hall–Kier alpha value is -2.65.